The lowest BCUT2D eigenvalue weighted by molar-refractivity contribution is -0.195. The van der Waals surface area contributed by atoms with Crippen LogP contribution in [-0.4, -0.2) is 71.0 Å². The molecule has 2 aromatic heterocycles. The van der Waals surface area contributed by atoms with E-state index in [1.807, 2.05) is 17.7 Å². The number of nitrogens with two attached hydrogens (primary N) is 1. The Kier molecular flexibility index (Phi) is 9.06. The van der Waals surface area contributed by atoms with Gasteiger partial charge >= 0.3 is 16.3 Å². The first kappa shape index (κ1) is 32.9. The molecule has 13 nitrogen and oxygen atoms in total. The molecule has 0 saturated carbocycles. The average Bonchev–Trinajstić information content (AvgIpc) is 3.55. The second kappa shape index (κ2) is 12.4. The van der Waals surface area contributed by atoms with Crippen LogP contribution in [0.1, 0.15) is 58.9 Å². The third kappa shape index (κ3) is 7.35. The maximum absolute atomic E-state index is 14.8. The topological polar surface area (TPSA) is 169 Å². The van der Waals surface area contributed by atoms with Crippen molar-refractivity contribution in [3.05, 3.63) is 47.7 Å². The molecule has 4 heterocycles. The number of nitrogens with one attached hydrogen (secondary N) is 2. The summed E-state index contributed by atoms with van der Waals surface area (Å²) in [4.78, 5) is 21.3. The third-order valence-electron chi connectivity index (χ3n) is 6.73. The van der Waals surface area contributed by atoms with Gasteiger partial charge in [-0.1, -0.05) is 24.8 Å². The highest BCUT2D eigenvalue weighted by molar-refractivity contribution is 7.99. The number of anilines is 1. The fourth-order valence-corrected chi connectivity index (χ4v) is 6.61. The van der Waals surface area contributed by atoms with Crippen LogP contribution < -0.4 is 15.2 Å². The SMILES string of the molecule is CCSc1cccc(F)c1C#Cc1cn([C@@H]2O[C@H](CNS(=O)(=O)NC(=O)OC(C)(C)C)[C@H]3OC(C)(C)O[C@H]32)c2ncnc(N)c12. The number of nitrogen functional groups attached to an aromatic ring is 1. The van der Waals surface area contributed by atoms with Crippen molar-refractivity contribution < 1.29 is 36.6 Å². The third-order valence-corrected chi connectivity index (χ3v) is 8.65. The number of nitrogens with zero attached hydrogens (tertiary/aromatic N) is 3. The van der Waals surface area contributed by atoms with Gasteiger partial charge in [-0.3, -0.25) is 0 Å². The Morgan fingerprint density at radius 1 is 1.22 bits per heavy atom. The Labute approximate surface area is 264 Å². The van der Waals surface area contributed by atoms with Crippen LogP contribution >= 0.6 is 11.8 Å². The normalized spacial score (nSPS) is 22.6. The van der Waals surface area contributed by atoms with Crippen molar-refractivity contribution in [2.24, 2.45) is 0 Å². The number of thioether (sulfide) groups is 1. The van der Waals surface area contributed by atoms with Gasteiger partial charge in [0.15, 0.2) is 12.0 Å². The van der Waals surface area contributed by atoms with Crippen molar-refractivity contribution >= 4 is 44.9 Å². The van der Waals surface area contributed by atoms with Crippen molar-refractivity contribution in [2.45, 2.75) is 82.4 Å². The van der Waals surface area contributed by atoms with Gasteiger partial charge in [0.1, 0.15) is 47.5 Å². The number of fused-ring (bicyclic) bond motifs is 2. The van der Waals surface area contributed by atoms with Crippen LogP contribution in [0, 0.1) is 17.7 Å². The van der Waals surface area contributed by atoms with Gasteiger partial charge in [0.25, 0.3) is 0 Å². The minimum absolute atomic E-state index is 0.163. The van der Waals surface area contributed by atoms with Crippen molar-refractivity contribution in [1.82, 2.24) is 24.0 Å². The van der Waals surface area contributed by atoms with Crippen LogP contribution in [-0.2, 0) is 29.2 Å². The minimum atomic E-state index is -4.31. The fourth-order valence-electron chi connectivity index (χ4n) is 5.11. The number of hydrogen-bond donors (Lipinski definition) is 3. The highest BCUT2D eigenvalue weighted by Gasteiger charge is 2.56. The Morgan fingerprint density at radius 3 is 2.67 bits per heavy atom. The largest absolute Gasteiger partial charge is 0.443 e. The molecule has 2 saturated heterocycles. The maximum atomic E-state index is 14.8. The standard InChI is InChI=1S/C29H35FN6O7S2/c1-7-44-20-10-8-9-18(30)17(20)12-11-16-14-36(25-21(16)24(31)32-15-33-25)26-23-22(41-29(5,6)42-23)19(40-26)13-34-45(38,39)35-27(37)43-28(2,3)4/h8-10,14-15,19,22-23,26,34H,7,13H2,1-6H3,(H,35,37)(H2,31,32,33)/t19-,22-,23-,26-/m1/s1. The summed E-state index contributed by atoms with van der Waals surface area (Å²) in [5, 5.41) is 0.440. The van der Waals surface area contributed by atoms with Crippen LogP contribution in [0.3, 0.4) is 0 Å². The first-order chi connectivity index (χ1) is 21.1. The molecule has 0 aliphatic carbocycles. The molecule has 2 aliphatic rings. The molecule has 3 aromatic rings. The minimum Gasteiger partial charge on any atom is -0.443 e. The number of benzene rings is 1. The van der Waals surface area contributed by atoms with Gasteiger partial charge in [-0.05, 0) is 52.5 Å². The number of halogens is 1. The monoisotopic (exact) mass is 662 g/mol. The second-order valence-electron chi connectivity index (χ2n) is 11.8. The smallest absolute Gasteiger partial charge is 0.422 e. The molecule has 0 unspecified atom stereocenters. The van der Waals surface area contributed by atoms with Gasteiger partial charge in [-0.15, -0.1) is 11.8 Å². The molecular weight excluding hydrogens is 627 g/mol. The fraction of sp³-hybridized carbons (Fsp3) is 0.483. The molecule has 5 rings (SSSR count). The molecule has 45 heavy (non-hydrogen) atoms. The van der Waals surface area contributed by atoms with E-state index < -0.39 is 58.0 Å². The van der Waals surface area contributed by atoms with E-state index in [4.69, 9.17) is 24.7 Å². The summed E-state index contributed by atoms with van der Waals surface area (Å²) < 4.78 is 69.5. The van der Waals surface area contributed by atoms with Crippen LogP contribution in [0.25, 0.3) is 11.0 Å². The van der Waals surface area contributed by atoms with E-state index in [0.717, 1.165) is 5.75 Å². The molecule has 4 N–H and O–H groups in total. The summed E-state index contributed by atoms with van der Waals surface area (Å²) >= 11 is 1.48. The van der Waals surface area contributed by atoms with E-state index in [2.05, 4.69) is 26.5 Å². The van der Waals surface area contributed by atoms with E-state index >= 15 is 0 Å². The van der Waals surface area contributed by atoms with Gasteiger partial charge in [0.2, 0.25) is 0 Å². The molecule has 4 atom stereocenters. The number of ether oxygens (including phenoxy) is 4. The van der Waals surface area contributed by atoms with E-state index in [0.29, 0.717) is 21.5 Å². The highest BCUT2D eigenvalue weighted by Crippen LogP contribution is 2.44. The lowest BCUT2D eigenvalue weighted by atomic mass is 10.1. The molecule has 1 aromatic carbocycles. The predicted octanol–water partition coefficient (Wildman–Crippen LogP) is 3.44. The van der Waals surface area contributed by atoms with Gasteiger partial charge in [-0.2, -0.15) is 13.1 Å². The van der Waals surface area contributed by atoms with Crippen molar-refractivity contribution in [2.75, 3.05) is 18.0 Å². The Morgan fingerprint density at radius 2 is 1.96 bits per heavy atom. The highest BCUT2D eigenvalue weighted by atomic mass is 32.2. The zero-order chi connectivity index (χ0) is 32.7. The first-order valence-electron chi connectivity index (χ1n) is 14.1. The molecule has 2 aliphatic heterocycles. The number of aromatic nitrogens is 3. The zero-order valence-electron chi connectivity index (χ0n) is 25.6. The van der Waals surface area contributed by atoms with E-state index in [-0.39, 0.29) is 17.9 Å². The van der Waals surface area contributed by atoms with Crippen molar-refractivity contribution in [3.8, 4) is 11.8 Å². The summed E-state index contributed by atoms with van der Waals surface area (Å²) in [5.74, 6) is 5.44. The molecular formula is C29H35FN6O7S2. The summed E-state index contributed by atoms with van der Waals surface area (Å²) in [5.41, 5.74) is 6.46. The van der Waals surface area contributed by atoms with Crippen molar-refractivity contribution in [1.29, 1.82) is 0 Å². The van der Waals surface area contributed by atoms with Crippen LogP contribution in [0.15, 0.2) is 35.6 Å². The van der Waals surface area contributed by atoms with E-state index in [1.54, 1.807) is 51.4 Å². The second-order valence-corrected chi connectivity index (χ2v) is 14.6. The van der Waals surface area contributed by atoms with Crippen LogP contribution in [0.4, 0.5) is 15.0 Å². The quantitative estimate of drug-likeness (QED) is 0.250. The molecule has 0 radical (unpaired) electrons. The molecule has 0 spiro atoms. The van der Waals surface area contributed by atoms with E-state index in [9.17, 15) is 17.6 Å². The number of hydrogen-bond acceptors (Lipinski definition) is 11. The summed E-state index contributed by atoms with van der Waals surface area (Å²) in [7, 11) is -4.31. The Bertz CT molecular complexity index is 1780. The average molecular weight is 663 g/mol. The zero-order valence-corrected chi connectivity index (χ0v) is 27.2. The maximum Gasteiger partial charge on any atom is 0.422 e. The van der Waals surface area contributed by atoms with Gasteiger partial charge in [0.05, 0.1) is 16.5 Å². The first-order valence-corrected chi connectivity index (χ1v) is 16.6. The summed E-state index contributed by atoms with van der Waals surface area (Å²) in [6.07, 6.45) is -1.24. The van der Waals surface area contributed by atoms with Gasteiger partial charge in [-0.25, -0.2) is 23.9 Å². The number of carbonyl (C=O) groups excluding carboxylic acids is 1. The molecule has 16 heteroatoms. The number of carbonyl (C=O) groups is 1. The Balaban J connectivity index is 1.46. The summed E-state index contributed by atoms with van der Waals surface area (Å²) in [6.45, 7) is 10.0. The Hall–Kier alpha value is -3.46. The van der Waals surface area contributed by atoms with Crippen molar-refractivity contribution in [3.63, 3.8) is 0 Å². The number of rotatable bonds is 7. The van der Waals surface area contributed by atoms with Crippen LogP contribution in [0.2, 0.25) is 0 Å². The van der Waals surface area contributed by atoms with Gasteiger partial charge in [0, 0.05) is 17.6 Å². The van der Waals surface area contributed by atoms with E-state index in [1.165, 1.54) is 24.2 Å². The molecule has 242 valence electrons. The molecule has 1 amide bonds. The lowest BCUT2D eigenvalue weighted by Gasteiger charge is -2.25. The molecule has 2 fully saturated rings. The predicted molar refractivity (Wildman–Crippen MR) is 165 cm³/mol. The number of amides is 1. The summed E-state index contributed by atoms with van der Waals surface area (Å²) in [6, 6.07) is 4.80. The van der Waals surface area contributed by atoms with Crippen LogP contribution in [0.5, 0.6) is 0 Å². The van der Waals surface area contributed by atoms with Gasteiger partial charge < -0.3 is 29.2 Å². The molecule has 0 bridgehead atoms. The lowest BCUT2D eigenvalue weighted by Crippen LogP contribution is -2.47.